The molecule has 0 unspecified atom stereocenters. The van der Waals surface area contributed by atoms with Gasteiger partial charge in [-0.3, -0.25) is 0 Å². The molecule has 0 atom stereocenters. The standard InChI is InChI=1S/C18H20O2/c1-2-4-15(5-3-1)14-16-6-8-17(9-7-16)19-12-13-20-18-10-11-18/h1-9,18H,10-14H2. The fourth-order valence-electron chi connectivity index (χ4n) is 2.14. The van der Waals surface area contributed by atoms with Crippen molar-refractivity contribution in [1.82, 2.24) is 0 Å². The van der Waals surface area contributed by atoms with Gasteiger partial charge in [0.2, 0.25) is 0 Å². The summed E-state index contributed by atoms with van der Waals surface area (Å²) in [4.78, 5) is 0. The first-order chi connectivity index (χ1) is 9.90. The summed E-state index contributed by atoms with van der Waals surface area (Å²) < 4.78 is 11.2. The van der Waals surface area contributed by atoms with Gasteiger partial charge in [-0.25, -0.2) is 0 Å². The fourth-order valence-corrected chi connectivity index (χ4v) is 2.14. The van der Waals surface area contributed by atoms with Crippen LogP contribution in [-0.2, 0) is 11.2 Å². The van der Waals surface area contributed by atoms with E-state index in [-0.39, 0.29) is 0 Å². The van der Waals surface area contributed by atoms with Gasteiger partial charge in [0.05, 0.1) is 12.7 Å². The molecule has 0 aromatic heterocycles. The monoisotopic (exact) mass is 268 g/mol. The largest absolute Gasteiger partial charge is 0.491 e. The van der Waals surface area contributed by atoms with Crippen molar-refractivity contribution in [2.75, 3.05) is 13.2 Å². The number of ether oxygens (including phenoxy) is 2. The highest BCUT2D eigenvalue weighted by Crippen LogP contribution is 2.23. The lowest BCUT2D eigenvalue weighted by Gasteiger charge is -2.07. The molecule has 1 fully saturated rings. The molecule has 0 saturated heterocycles. The Balaban J connectivity index is 1.46. The molecule has 2 heteroatoms. The van der Waals surface area contributed by atoms with Gasteiger partial charge in [0.15, 0.2) is 0 Å². The van der Waals surface area contributed by atoms with Crippen molar-refractivity contribution in [2.45, 2.75) is 25.4 Å². The van der Waals surface area contributed by atoms with E-state index in [0.29, 0.717) is 19.3 Å². The van der Waals surface area contributed by atoms with Gasteiger partial charge >= 0.3 is 0 Å². The highest BCUT2D eigenvalue weighted by Gasteiger charge is 2.21. The second kappa shape index (κ2) is 6.58. The highest BCUT2D eigenvalue weighted by molar-refractivity contribution is 5.31. The van der Waals surface area contributed by atoms with Gasteiger partial charge in [-0.05, 0) is 42.5 Å². The molecule has 1 aliphatic rings. The van der Waals surface area contributed by atoms with Crippen LogP contribution in [0, 0.1) is 0 Å². The number of hydrogen-bond donors (Lipinski definition) is 0. The summed E-state index contributed by atoms with van der Waals surface area (Å²) >= 11 is 0. The van der Waals surface area contributed by atoms with E-state index in [1.165, 1.54) is 24.0 Å². The third-order valence-electron chi connectivity index (χ3n) is 3.40. The van der Waals surface area contributed by atoms with Crippen molar-refractivity contribution in [2.24, 2.45) is 0 Å². The molecular formula is C18H20O2. The van der Waals surface area contributed by atoms with Crippen molar-refractivity contribution in [3.8, 4) is 5.75 Å². The first-order valence-corrected chi connectivity index (χ1v) is 7.27. The van der Waals surface area contributed by atoms with E-state index in [9.17, 15) is 0 Å². The van der Waals surface area contributed by atoms with Crippen LogP contribution in [0.1, 0.15) is 24.0 Å². The van der Waals surface area contributed by atoms with Crippen molar-refractivity contribution >= 4 is 0 Å². The zero-order valence-electron chi connectivity index (χ0n) is 11.6. The predicted molar refractivity (Wildman–Crippen MR) is 80.2 cm³/mol. The minimum Gasteiger partial charge on any atom is -0.491 e. The average Bonchev–Trinajstić information content (AvgIpc) is 3.31. The Labute approximate surface area is 120 Å². The van der Waals surface area contributed by atoms with E-state index in [2.05, 4.69) is 36.4 Å². The topological polar surface area (TPSA) is 18.5 Å². The van der Waals surface area contributed by atoms with Crippen LogP contribution in [0.5, 0.6) is 5.75 Å². The molecule has 0 heterocycles. The molecule has 0 amide bonds. The number of benzene rings is 2. The highest BCUT2D eigenvalue weighted by atomic mass is 16.5. The molecule has 1 saturated carbocycles. The van der Waals surface area contributed by atoms with Crippen LogP contribution in [0.15, 0.2) is 54.6 Å². The lowest BCUT2D eigenvalue weighted by Crippen LogP contribution is -2.07. The SMILES string of the molecule is c1ccc(Cc2ccc(OCCOC3CC3)cc2)cc1. The third-order valence-corrected chi connectivity index (χ3v) is 3.40. The van der Waals surface area contributed by atoms with Crippen molar-refractivity contribution in [3.05, 3.63) is 65.7 Å². The molecule has 0 aliphatic heterocycles. The number of rotatable bonds is 7. The molecule has 2 nitrogen and oxygen atoms in total. The molecule has 2 aromatic rings. The summed E-state index contributed by atoms with van der Waals surface area (Å²) in [6, 6.07) is 18.8. The predicted octanol–water partition coefficient (Wildman–Crippen LogP) is 3.84. The molecule has 104 valence electrons. The maximum absolute atomic E-state index is 5.66. The Bertz CT molecular complexity index is 515. The van der Waals surface area contributed by atoms with Crippen LogP contribution in [0.4, 0.5) is 0 Å². The Hall–Kier alpha value is -1.80. The second-order valence-electron chi connectivity index (χ2n) is 5.22. The van der Waals surface area contributed by atoms with Gasteiger partial charge in [0.1, 0.15) is 12.4 Å². The minimum atomic E-state index is 0.506. The van der Waals surface area contributed by atoms with Crippen LogP contribution < -0.4 is 4.74 Å². The van der Waals surface area contributed by atoms with Gasteiger partial charge < -0.3 is 9.47 Å². The zero-order valence-corrected chi connectivity index (χ0v) is 11.6. The van der Waals surface area contributed by atoms with E-state index >= 15 is 0 Å². The molecule has 2 aromatic carbocycles. The molecule has 0 spiro atoms. The van der Waals surface area contributed by atoms with E-state index < -0.39 is 0 Å². The lowest BCUT2D eigenvalue weighted by molar-refractivity contribution is 0.0881. The lowest BCUT2D eigenvalue weighted by atomic mass is 10.1. The van der Waals surface area contributed by atoms with Gasteiger partial charge in [-0.1, -0.05) is 42.5 Å². The Morgan fingerprint density at radius 1 is 0.800 bits per heavy atom. The van der Waals surface area contributed by atoms with Gasteiger partial charge in [-0.15, -0.1) is 0 Å². The van der Waals surface area contributed by atoms with Crippen molar-refractivity contribution in [1.29, 1.82) is 0 Å². The Morgan fingerprint density at radius 2 is 1.50 bits per heavy atom. The van der Waals surface area contributed by atoms with Crippen molar-refractivity contribution < 1.29 is 9.47 Å². The van der Waals surface area contributed by atoms with E-state index in [1.807, 2.05) is 18.2 Å². The molecule has 0 bridgehead atoms. The van der Waals surface area contributed by atoms with Gasteiger partial charge in [0, 0.05) is 0 Å². The molecular weight excluding hydrogens is 248 g/mol. The van der Waals surface area contributed by atoms with Crippen LogP contribution in [0.25, 0.3) is 0 Å². The maximum atomic E-state index is 5.66. The quantitative estimate of drug-likeness (QED) is 0.710. The van der Waals surface area contributed by atoms with E-state index in [0.717, 1.165) is 12.2 Å². The summed E-state index contributed by atoms with van der Waals surface area (Å²) in [5.74, 6) is 0.918. The van der Waals surface area contributed by atoms with Crippen molar-refractivity contribution in [3.63, 3.8) is 0 Å². The normalized spacial score (nSPS) is 14.2. The Morgan fingerprint density at radius 3 is 2.20 bits per heavy atom. The fraction of sp³-hybridized carbons (Fsp3) is 0.333. The summed E-state index contributed by atoms with van der Waals surface area (Å²) in [6.45, 7) is 1.32. The first-order valence-electron chi connectivity index (χ1n) is 7.27. The van der Waals surface area contributed by atoms with Crippen LogP contribution in [0.3, 0.4) is 0 Å². The van der Waals surface area contributed by atoms with Gasteiger partial charge in [-0.2, -0.15) is 0 Å². The molecule has 3 rings (SSSR count). The zero-order chi connectivity index (χ0) is 13.6. The molecule has 0 radical (unpaired) electrons. The Kier molecular flexibility index (Phi) is 4.34. The second-order valence-corrected chi connectivity index (χ2v) is 5.22. The van der Waals surface area contributed by atoms with Crippen LogP contribution in [0.2, 0.25) is 0 Å². The summed E-state index contributed by atoms with van der Waals surface area (Å²) in [5.41, 5.74) is 2.64. The first kappa shape index (κ1) is 13.2. The number of hydrogen-bond acceptors (Lipinski definition) is 2. The summed E-state index contributed by atoms with van der Waals surface area (Å²) in [7, 11) is 0. The van der Waals surface area contributed by atoms with E-state index in [4.69, 9.17) is 9.47 Å². The molecule has 1 aliphatic carbocycles. The molecule has 0 N–H and O–H groups in total. The van der Waals surface area contributed by atoms with Crippen LogP contribution in [-0.4, -0.2) is 19.3 Å². The minimum absolute atomic E-state index is 0.506. The molecule has 20 heavy (non-hydrogen) atoms. The summed E-state index contributed by atoms with van der Waals surface area (Å²) in [6.07, 6.45) is 3.90. The third kappa shape index (κ3) is 4.10. The van der Waals surface area contributed by atoms with Crippen LogP contribution >= 0.6 is 0 Å². The van der Waals surface area contributed by atoms with Gasteiger partial charge in [0.25, 0.3) is 0 Å². The average molecular weight is 268 g/mol. The van der Waals surface area contributed by atoms with E-state index in [1.54, 1.807) is 0 Å². The summed E-state index contributed by atoms with van der Waals surface area (Å²) in [5, 5.41) is 0. The smallest absolute Gasteiger partial charge is 0.119 e. The maximum Gasteiger partial charge on any atom is 0.119 e.